The van der Waals surface area contributed by atoms with E-state index in [-0.39, 0.29) is 0 Å². The van der Waals surface area contributed by atoms with Gasteiger partial charge in [0.2, 0.25) is 0 Å². The first-order valence-corrected chi connectivity index (χ1v) is 5.53. The van der Waals surface area contributed by atoms with Crippen molar-refractivity contribution in [2.45, 2.75) is 6.92 Å². The van der Waals surface area contributed by atoms with Gasteiger partial charge < -0.3 is 9.15 Å². The molecule has 17 heavy (non-hydrogen) atoms. The normalized spacial score (nSPS) is 10.6. The lowest BCUT2D eigenvalue weighted by Crippen LogP contribution is -1.84. The highest BCUT2D eigenvalue weighted by Crippen LogP contribution is 2.26. The number of rotatable bonds is 2. The van der Waals surface area contributed by atoms with Crippen LogP contribution in [0.25, 0.3) is 11.0 Å². The maximum Gasteiger partial charge on any atom is 0.137 e. The second kappa shape index (κ2) is 3.98. The zero-order valence-electron chi connectivity index (χ0n) is 9.51. The minimum atomic E-state index is 0.790. The Balaban J connectivity index is 1.94. The second-order valence-corrected chi connectivity index (χ2v) is 4.04. The molecule has 0 aliphatic rings. The van der Waals surface area contributed by atoms with Gasteiger partial charge in [0.15, 0.2) is 0 Å². The number of furan rings is 1. The summed E-state index contributed by atoms with van der Waals surface area (Å²) in [7, 11) is 0. The average molecular weight is 224 g/mol. The highest BCUT2D eigenvalue weighted by Gasteiger charge is 2.01. The third-order valence-electron chi connectivity index (χ3n) is 2.65. The molecule has 0 radical (unpaired) electrons. The number of hydrogen-bond acceptors (Lipinski definition) is 2. The molecular formula is C15H12O2. The lowest BCUT2D eigenvalue weighted by atomic mass is 10.2. The van der Waals surface area contributed by atoms with Crippen LogP contribution in [0.5, 0.6) is 11.5 Å². The molecule has 0 aliphatic heterocycles. The Kier molecular flexibility index (Phi) is 2.33. The molecule has 1 heterocycles. The van der Waals surface area contributed by atoms with Crippen LogP contribution in [0.1, 0.15) is 5.56 Å². The minimum Gasteiger partial charge on any atom is -0.464 e. The van der Waals surface area contributed by atoms with Crippen molar-refractivity contribution in [2.75, 3.05) is 0 Å². The summed E-state index contributed by atoms with van der Waals surface area (Å²) in [5.41, 5.74) is 2.02. The Hall–Kier alpha value is -2.22. The number of aryl methyl sites for hydroxylation is 1. The molecule has 0 saturated heterocycles. The molecule has 3 aromatic rings. The van der Waals surface area contributed by atoms with Gasteiger partial charge in [-0.2, -0.15) is 0 Å². The first kappa shape index (κ1) is 9.97. The van der Waals surface area contributed by atoms with Crippen LogP contribution in [0.2, 0.25) is 0 Å². The number of hydrogen-bond donors (Lipinski definition) is 0. The van der Waals surface area contributed by atoms with Crippen molar-refractivity contribution in [3.63, 3.8) is 0 Å². The van der Waals surface area contributed by atoms with Gasteiger partial charge in [0.1, 0.15) is 17.1 Å². The summed E-state index contributed by atoms with van der Waals surface area (Å²) >= 11 is 0. The summed E-state index contributed by atoms with van der Waals surface area (Å²) in [5, 5.41) is 1.08. The van der Waals surface area contributed by atoms with Crippen molar-refractivity contribution in [1.82, 2.24) is 0 Å². The minimum absolute atomic E-state index is 0.790. The van der Waals surface area contributed by atoms with Crippen LogP contribution >= 0.6 is 0 Å². The van der Waals surface area contributed by atoms with Crippen LogP contribution in [-0.2, 0) is 0 Å². The fourth-order valence-corrected chi connectivity index (χ4v) is 1.81. The van der Waals surface area contributed by atoms with Crippen molar-refractivity contribution in [2.24, 2.45) is 0 Å². The molecule has 0 aliphatic carbocycles. The van der Waals surface area contributed by atoms with Gasteiger partial charge in [-0.15, -0.1) is 0 Å². The predicted octanol–water partition coefficient (Wildman–Crippen LogP) is 4.53. The zero-order valence-corrected chi connectivity index (χ0v) is 9.51. The zero-order chi connectivity index (χ0) is 11.7. The third-order valence-corrected chi connectivity index (χ3v) is 2.65. The largest absolute Gasteiger partial charge is 0.464 e. The fourth-order valence-electron chi connectivity index (χ4n) is 1.81. The number of benzene rings is 2. The van der Waals surface area contributed by atoms with Gasteiger partial charge >= 0.3 is 0 Å². The van der Waals surface area contributed by atoms with Crippen molar-refractivity contribution in [1.29, 1.82) is 0 Å². The monoisotopic (exact) mass is 224 g/mol. The lowest BCUT2D eigenvalue weighted by molar-refractivity contribution is 0.481. The van der Waals surface area contributed by atoms with E-state index < -0.39 is 0 Å². The van der Waals surface area contributed by atoms with Crippen LogP contribution in [0.15, 0.2) is 59.2 Å². The summed E-state index contributed by atoms with van der Waals surface area (Å²) in [5.74, 6) is 1.63. The number of ether oxygens (including phenoxy) is 1. The second-order valence-electron chi connectivity index (χ2n) is 4.04. The first-order valence-electron chi connectivity index (χ1n) is 5.53. The highest BCUT2D eigenvalue weighted by atomic mass is 16.5. The summed E-state index contributed by atoms with van der Waals surface area (Å²) in [6.07, 6.45) is 1.68. The molecule has 84 valence electrons. The summed E-state index contributed by atoms with van der Waals surface area (Å²) in [4.78, 5) is 0. The topological polar surface area (TPSA) is 22.4 Å². The Morgan fingerprint density at radius 1 is 0.941 bits per heavy atom. The Morgan fingerprint density at radius 3 is 2.71 bits per heavy atom. The van der Waals surface area contributed by atoms with E-state index in [0.717, 1.165) is 22.5 Å². The van der Waals surface area contributed by atoms with Crippen molar-refractivity contribution < 1.29 is 9.15 Å². The fraction of sp³-hybridized carbons (Fsp3) is 0.0667. The molecule has 0 spiro atoms. The van der Waals surface area contributed by atoms with Gasteiger partial charge in [0, 0.05) is 11.5 Å². The number of fused-ring (bicyclic) bond motifs is 1. The van der Waals surface area contributed by atoms with Crippen molar-refractivity contribution in [3.8, 4) is 11.5 Å². The van der Waals surface area contributed by atoms with E-state index >= 15 is 0 Å². The van der Waals surface area contributed by atoms with E-state index in [9.17, 15) is 0 Å². The maximum absolute atomic E-state index is 5.78. The molecule has 0 atom stereocenters. The van der Waals surface area contributed by atoms with E-state index in [4.69, 9.17) is 9.15 Å². The van der Waals surface area contributed by atoms with Crippen LogP contribution in [-0.4, -0.2) is 0 Å². The first-order chi connectivity index (χ1) is 8.31. The van der Waals surface area contributed by atoms with Crippen LogP contribution in [0.4, 0.5) is 0 Å². The average Bonchev–Trinajstić information content (AvgIpc) is 2.76. The lowest BCUT2D eigenvalue weighted by Gasteiger charge is -2.05. The van der Waals surface area contributed by atoms with Crippen molar-refractivity contribution in [3.05, 3.63) is 60.4 Å². The van der Waals surface area contributed by atoms with E-state index in [0.29, 0.717) is 0 Å². The molecule has 0 bridgehead atoms. The molecule has 0 saturated carbocycles. The van der Waals surface area contributed by atoms with Crippen molar-refractivity contribution >= 4 is 11.0 Å². The van der Waals surface area contributed by atoms with E-state index in [1.54, 1.807) is 6.26 Å². The maximum atomic E-state index is 5.78. The van der Waals surface area contributed by atoms with Gasteiger partial charge in [-0.25, -0.2) is 0 Å². The molecule has 0 fully saturated rings. The highest BCUT2D eigenvalue weighted by molar-refractivity contribution is 5.78. The van der Waals surface area contributed by atoms with Gasteiger partial charge in [-0.1, -0.05) is 12.1 Å². The summed E-state index contributed by atoms with van der Waals surface area (Å²) in [6.45, 7) is 2.04. The molecule has 3 rings (SSSR count). The Morgan fingerprint density at radius 2 is 1.82 bits per heavy atom. The molecule has 0 unspecified atom stereocenters. The third kappa shape index (κ3) is 2.02. The molecule has 0 amide bonds. The molecule has 2 aromatic carbocycles. The van der Waals surface area contributed by atoms with E-state index in [2.05, 4.69) is 0 Å². The van der Waals surface area contributed by atoms with Crippen LogP contribution < -0.4 is 4.74 Å². The van der Waals surface area contributed by atoms with Gasteiger partial charge in [0.05, 0.1) is 6.26 Å². The molecule has 1 aromatic heterocycles. The van der Waals surface area contributed by atoms with Crippen LogP contribution in [0.3, 0.4) is 0 Å². The SMILES string of the molecule is Cc1cccc(Oc2ccc3ccoc3c2)c1. The molecular weight excluding hydrogens is 212 g/mol. The molecule has 2 nitrogen and oxygen atoms in total. The molecule has 2 heteroatoms. The van der Waals surface area contributed by atoms with Crippen LogP contribution in [0, 0.1) is 6.92 Å². The summed E-state index contributed by atoms with van der Waals surface area (Å²) < 4.78 is 11.1. The van der Waals surface area contributed by atoms with E-state index in [1.165, 1.54) is 5.56 Å². The quantitative estimate of drug-likeness (QED) is 0.638. The standard InChI is InChI=1S/C15H12O2/c1-11-3-2-4-13(9-11)17-14-6-5-12-7-8-16-15(12)10-14/h2-10H,1H3. The Labute approximate surface area is 99.4 Å². The Bertz CT molecular complexity index is 653. The predicted molar refractivity (Wildman–Crippen MR) is 67.5 cm³/mol. The smallest absolute Gasteiger partial charge is 0.137 e. The van der Waals surface area contributed by atoms with Gasteiger partial charge in [-0.05, 0) is 42.8 Å². The summed E-state index contributed by atoms with van der Waals surface area (Å²) in [6, 6.07) is 15.7. The van der Waals surface area contributed by atoms with E-state index in [1.807, 2.05) is 55.5 Å². The van der Waals surface area contributed by atoms with Gasteiger partial charge in [-0.3, -0.25) is 0 Å². The molecule has 0 N–H and O–H groups in total. The van der Waals surface area contributed by atoms with Gasteiger partial charge in [0.25, 0.3) is 0 Å².